The number of nitrogens with one attached hydrogen (secondary N) is 3. The Labute approximate surface area is 157 Å². The van der Waals surface area contributed by atoms with Crippen molar-refractivity contribution in [3.63, 3.8) is 0 Å². The van der Waals surface area contributed by atoms with E-state index < -0.39 is 0 Å². The molecule has 1 heterocycles. The van der Waals surface area contributed by atoms with Gasteiger partial charge >= 0.3 is 0 Å². The minimum atomic E-state index is -0.0450. The van der Waals surface area contributed by atoms with Crippen LogP contribution in [0.2, 0.25) is 0 Å². The van der Waals surface area contributed by atoms with Gasteiger partial charge in [-0.05, 0) is 73.3 Å². The van der Waals surface area contributed by atoms with Gasteiger partial charge in [-0.2, -0.15) is 0 Å². The molecule has 5 nitrogen and oxygen atoms in total. The predicted molar refractivity (Wildman–Crippen MR) is 108 cm³/mol. The zero-order chi connectivity index (χ0) is 17.6. The summed E-state index contributed by atoms with van der Waals surface area (Å²) < 4.78 is 11.1. The highest BCUT2D eigenvalue weighted by atomic mass is 32.1. The Hall–Kier alpha value is -2.38. The number of ether oxygens (including phenoxy) is 2. The second kappa shape index (κ2) is 8.13. The molecular weight excluding hydrogens is 354 g/mol. The van der Waals surface area contributed by atoms with E-state index in [1.165, 1.54) is 5.56 Å². The first kappa shape index (κ1) is 17.4. The summed E-state index contributed by atoms with van der Waals surface area (Å²) in [4.78, 5) is 0. The van der Waals surface area contributed by atoms with Crippen LogP contribution in [0, 0.1) is 6.92 Å². The topological polar surface area (TPSA) is 54.5 Å². The van der Waals surface area contributed by atoms with E-state index in [0.29, 0.717) is 23.4 Å². The van der Waals surface area contributed by atoms with Gasteiger partial charge in [-0.15, -0.1) is 0 Å². The van der Waals surface area contributed by atoms with Crippen LogP contribution in [0.4, 0.5) is 11.4 Å². The van der Waals surface area contributed by atoms with E-state index in [0.717, 1.165) is 17.1 Å². The van der Waals surface area contributed by atoms with Gasteiger partial charge in [-0.1, -0.05) is 12.1 Å². The van der Waals surface area contributed by atoms with Crippen LogP contribution < -0.4 is 20.7 Å². The van der Waals surface area contributed by atoms with Crippen LogP contribution in [0.15, 0.2) is 48.5 Å². The van der Waals surface area contributed by atoms with Crippen LogP contribution in [-0.2, 0) is 4.74 Å². The second-order valence-corrected chi connectivity index (χ2v) is 6.47. The van der Waals surface area contributed by atoms with Gasteiger partial charge in [-0.3, -0.25) is 0 Å². The van der Waals surface area contributed by atoms with Gasteiger partial charge in [0.15, 0.2) is 11.2 Å². The lowest BCUT2D eigenvalue weighted by atomic mass is 10.2. The summed E-state index contributed by atoms with van der Waals surface area (Å²) in [6, 6.07) is 15.6. The lowest BCUT2D eigenvalue weighted by Crippen LogP contribution is -2.22. The molecule has 0 bridgehead atoms. The molecule has 1 fully saturated rings. The van der Waals surface area contributed by atoms with E-state index in [2.05, 4.69) is 16.0 Å². The fraction of sp³-hybridized carbons (Fsp3) is 0.222. The standard InChI is InChI=1S/C18H19N3O2S2/c1-12-3-2-4-14(9-12)21-17(24)20-13-5-7-15(8-6-13)22-11-16-10-19-18(25)23-16/h2-9,16H,10-11H2,1H3,(H,19,25)(H2,20,21,24). The van der Waals surface area contributed by atoms with Crippen molar-refractivity contribution in [2.45, 2.75) is 13.0 Å². The maximum absolute atomic E-state index is 5.71. The summed E-state index contributed by atoms with van der Waals surface area (Å²) in [5.41, 5.74) is 3.02. The van der Waals surface area contributed by atoms with Crippen molar-refractivity contribution < 1.29 is 9.47 Å². The molecule has 0 radical (unpaired) electrons. The molecule has 0 spiro atoms. The Bertz CT molecular complexity index is 765. The summed E-state index contributed by atoms with van der Waals surface area (Å²) in [5.74, 6) is 0.768. The number of hydrogen-bond donors (Lipinski definition) is 3. The summed E-state index contributed by atoms with van der Waals surface area (Å²) >= 11 is 10.3. The fourth-order valence-corrected chi connectivity index (χ4v) is 2.82. The number of benzene rings is 2. The average Bonchev–Trinajstić information content (AvgIpc) is 2.99. The van der Waals surface area contributed by atoms with Gasteiger partial charge in [0.2, 0.25) is 0 Å². The van der Waals surface area contributed by atoms with Gasteiger partial charge in [-0.25, -0.2) is 0 Å². The molecule has 3 N–H and O–H groups in total. The number of aryl methyl sites for hydroxylation is 1. The largest absolute Gasteiger partial charge is 0.490 e. The van der Waals surface area contributed by atoms with E-state index in [1.807, 2.05) is 55.5 Å². The number of anilines is 2. The first-order valence-electron chi connectivity index (χ1n) is 7.90. The second-order valence-electron chi connectivity index (χ2n) is 5.69. The molecule has 1 saturated heterocycles. The molecule has 1 unspecified atom stereocenters. The number of hydrogen-bond acceptors (Lipinski definition) is 4. The van der Waals surface area contributed by atoms with Crippen LogP contribution in [0.1, 0.15) is 5.56 Å². The van der Waals surface area contributed by atoms with Gasteiger partial charge in [0.05, 0.1) is 6.54 Å². The third-order valence-corrected chi connectivity index (χ3v) is 4.02. The zero-order valence-corrected chi connectivity index (χ0v) is 15.4. The third-order valence-electron chi connectivity index (χ3n) is 3.57. The van der Waals surface area contributed by atoms with Crippen molar-refractivity contribution >= 4 is 46.1 Å². The predicted octanol–water partition coefficient (Wildman–Crippen LogP) is 3.46. The quantitative estimate of drug-likeness (QED) is 0.694. The molecule has 0 saturated carbocycles. The summed E-state index contributed by atoms with van der Waals surface area (Å²) in [7, 11) is 0. The molecule has 25 heavy (non-hydrogen) atoms. The van der Waals surface area contributed by atoms with Crippen molar-refractivity contribution in [1.29, 1.82) is 0 Å². The molecule has 130 valence electrons. The molecule has 0 aliphatic carbocycles. The number of rotatable bonds is 5. The molecule has 0 amide bonds. The Morgan fingerprint density at radius 3 is 2.64 bits per heavy atom. The molecule has 3 rings (SSSR count). The normalized spacial score (nSPS) is 15.9. The molecule has 2 aromatic rings. The minimum Gasteiger partial charge on any atom is -0.490 e. The van der Waals surface area contributed by atoms with Crippen LogP contribution in [0.3, 0.4) is 0 Å². The third kappa shape index (κ3) is 5.30. The Balaban J connectivity index is 1.48. The SMILES string of the molecule is Cc1cccc(NC(=S)Nc2ccc(OCC3CNC(=S)O3)cc2)c1. The first-order valence-corrected chi connectivity index (χ1v) is 8.72. The molecule has 1 aliphatic rings. The van der Waals surface area contributed by atoms with E-state index in [9.17, 15) is 0 Å². The van der Waals surface area contributed by atoms with E-state index in [4.69, 9.17) is 33.9 Å². The lowest BCUT2D eigenvalue weighted by molar-refractivity contribution is 0.150. The fourth-order valence-electron chi connectivity index (χ4n) is 2.36. The molecular formula is C18H19N3O2S2. The number of thiocarbonyl (C=S) groups is 2. The van der Waals surface area contributed by atoms with E-state index in [-0.39, 0.29) is 6.10 Å². The summed E-state index contributed by atoms with van der Waals surface area (Å²) in [6.07, 6.45) is -0.0450. The summed E-state index contributed by atoms with van der Waals surface area (Å²) in [5, 5.41) is 10.2. The van der Waals surface area contributed by atoms with E-state index in [1.54, 1.807) is 0 Å². The van der Waals surface area contributed by atoms with Crippen molar-refractivity contribution in [3.8, 4) is 5.75 Å². The summed E-state index contributed by atoms with van der Waals surface area (Å²) in [6.45, 7) is 3.17. The molecule has 0 aromatic heterocycles. The Morgan fingerprint density at radius 1 is 1.20 bits per heavy atom. The van der Waals surface area contributed by atoms with Gasteiger partial charge in [0.25, 0.3) is 5.17 Å². The van der Waals surface area contributed by atoms with Crippen molar-refractivity contribution in [2.24, 2.45) is 0 Å². The maximum atomic E-state index is 5.71. The molecule has 7 heteroatoms. The highest BCUT2D eigenvalue weighted by Gasteiger charge is 2.20. The molecule has 1 aliphatic heterocycles. The van der Waals surface area contributed by atoms with E-state index >= 15 is 0 Å². The highest BCUT2D eigenvalue weighted by Crippen LogP contribution is 2.17. The van der Waals surface area contributed by atoms with Crippen LogP contribution in [0.5, 0.6) is 5.75 Å². The zero-order valence-electron chi connectivity index (χ0n) is 13.7. The van der Waals surface area contributed by atoms with Gasteiger partial charge in [0, 0.05) is 11.4 Å². The van der Waals surface area contributed by atoms with Crippen LogP contribution in [-0.4, -0.2) is 29.5 Å². The van der Waals surface area contributed by atoms with Crippen molar-refractivity contribution in [1.82, 2.24) is 5.32 Å². The van der Waals surface area contributed by atoms with Gasteiger partial charge < -0.3 is 25.4 Å². The average molecular weight is 374 g/mol. The van der Waals surface area contributed by atoms with Crippen molar-refractivity contribution in [2.75, 3.05) is 23.8 Å². The minimum absolute atomic E-state index is 0.0450. The Morgan fingerprint density at radius 2 is 1.96 bits per heavy atom. The van der Waals surface area contributed by atoms with Crippen LogP contribution >= 0.6 is 24.4 Å². The van der Waals surface area contributed by atoms with Crippen molar-refractivity contribution in [3.05, 3.63) is 54.1 Å². The lowest BCUT2D eigenvalue weighted by Gasteiger charge is -2.13. The highest BCUT2D eigenvalue weighted by molar-refractivity contribution is 7.80. The first-order chi connectivity index (χ1) is 12.1. The van der Waals surface area contributed by atoms with Crippen LogP contribution in [0.25, 0.3) is 0 Å². The smallest absolute Gasteiger partial charge is 0.257 e. The molecule has 1 atom stereocenters. The van der Waals surface area contributed by atoms with Gasteiger partial charge in [0.1, 0.15) is 12.4 Å². The monoisotopic (exact) mass is 373 g/mol. The Kier molecular flexibility index (Phi) is 5.67. The maximum Gasteiger partial charge on any atom is 0.257 e. The molecule has 2 aromatic carbocycles.